The van der Waals surface area contributed by atoms with E-state index in [0.29, 0.717) is 13.0 Å². The van der Waals surface area contributed by atoms with Gasteiger partial charge < -0.3 is 19.8 Å². The third-order valence-corrected chi connectivity index (χ3v) is 3.90. The number of aromatic hydroxyl groups is 1. The normalized spacial score (nSPS) is 21.5. The van der Waals surface area contributed by atoms with Crippen molar-refractivity contribution >= 4 is 11.9 Å². The third kappa shape index (κ3) is 2.85. The van der Waals surface area contributed by atoms with Gasteiger partial charge >= 0.3 is 5.97 Å². The van der Waals surface area contributed by atoms with Crippen molar-refractivity contribution in [2.45, 2.75) is 13.3 Å². The Morgan fingerprint density at radius 2 is 2.14 bits per heavy atom. The van der Waals surface area contributed by atoms with Gasteiger partial charge in [0.15, 0.2) is 0 Å². The summed E-state index contributed by atoms with van der Waals surface area (Å²) in [5, 5.41) is 19.3. The number of hydrogen-bond donors (Lipinski definition) is 2. The van der Waals surface area contributed by atoms with Gasteiger partial charge in [0, 0.05) is 20.2 Å². The smallest absolute Gasteiger partial charge is 0.313 e. The maximum atomic E-state index is 12.4. The van der Waals surface area contributed by atoms with Crippen LogP contribution in [0.25, 0.3) is 0 Å². The van der Waals surface area contributed by atoms with Crippen LogP contribution < -0.4 is 0 Å². The topological polar surface area (TPSA) is 87.1 Å². The zero-order valence-electron chi connectivity index (χ0n) is 12.1. The van der Waals surface area contributed by atoms with E-state index in [1.54, 1.807) is 12.1 Å². The van der Waals surface area contributed by atoms with Crippen molar-refractivity contribution in [1.29, 1.82) is 0 Å². The Balaban J connectivity index is 2.20. The Labute approximate surface area is 122 Å². The molecule has 1 aromatic rings. The Morgan fingerprint density at radius 3 is 2.71 bits per heavy atom. The molecule has 1 heterocycles. The van der Waals surface area contributed by atoms with E-state index in [4.69, 9.17) is 4.74 Å². The zero-order valence-corrected chi connectivity index (χ0v) is 12.1. The number of amides is 1. The molecule has 1 aromatic carbocycles. The van der Waals surface area contributed by atoms with Crippen LogP contribution in [0.1, 0.15) is 22.3 Å². The molecule has 1 fully saturated rings. The van der Waals surface area contributed by atoms with Gasteiger partial charge in [0.05, 0.1) is 12.2 Å². The summed E-state index contributed by atoms with van der Waals surface area (Å²) in [6.07, 6.45) is 0.342. The van der Waals surface area contributed by atoms with Crippen LogP contribution in [0.5, 0.6) is 5.75 Å². The highest BCUT2D eigenvalue weighted by molar-refractivity contribution is 5.97. The molecule has 0 aliphatic carbocycles. The molecule has 1 amide bonds. The number of benzene rings is 1. The van der Waals surface area contributed by atoms with Gasteiger partial charge in [-0.15, -0.1) is 0 Å². The summed E-state index contributed by atoms with van der Waals surface area (Å²) < 4.78 is 5.00. The molecule has 0 aromatic heterocycles. The number of nitrogens with zero attached hydrogens (tertiary/aromatic N) is 1. The number of methoxy groups -OCH3 is 1. The fraction of sp³-hybridized carbons (Fsp3) is 0.467. The van der Waals surface area contributed by atoms with Crippen molar-refractivity contribution in [3.63, 3.8) is 0 Å². The van der Waals surface area contributed by atoms with Crippen molar-refractivity contribution in [2.24, 2.45) is 5.41 Å². The largest absolute Gasteiger partial charge is 0.507 e. The minimum Gasteiger partial charge on any atom is -0.507 e. The Hall–Kier alpha value is -2.08. The minimum absolute atomic E-state index is 0.0615. The molecular weight excluding hydrogens is 274 g/mol. The highest BCUT2D eigenvalue weighted by atomic mass is 16.5. The molecule has 1 saturated heterocycles. The Morgan fingerprint density at radius 1 is 1.43 bits per heavy atom. The molecule has 2 N–H and O–H groups in total. The molecule has 0 spiro atoms. The first-order chi connectivity index (χ1) is 9.89. The van der Waals surface area contributed by atoms with Crippen LogP contribution in [0.4, 0.5) is 0 Å². The summed E-state index contributed by atoms with van der Waals surface area (Å²) in [6.45, 7) is 2.30. The number of carbonyl (C=O) groups is 2. The lowest BCUT2D eigenvalue weighted by Gasteiger charge is -2.24. The monoisotopic (exact) mass is 293 g/mol. The van der Waals surface area contributed by atoms with Gasteiger partial charge in [0.1, 0.15) is 11.2 Å². The molecule has 1 atom stereocenters. The second-order valence-corrected chi connectivity index (χ2v) is 5.52. The number of aryl methyl sites for hydroxylation is 1. The van der Waals surface area contributed by atoms with E-state index in [9.17, 15) is 19.8 Å². The summed E-state index contributed by atoms with van der Waals surface area (Å²) in [7, 11) is 1.45. The highest BCUT2D eigenvalue weighted by Crippen LogP contribution is 2.33. The molecule has 114 valence electrons. The number of ether oxygens (including phenoxy) is 1. The number of hydrogen-bond acceptors (Lipinski definition) is 4. The molecule has 6 heteroatoms. The van der Waals surface area contributed by atoms with E-state index in [1.807, 2.05) is 6.92 Å². The van der Waals surface area contributed by atoms with Crippen molar-refractivity contribution in [3.8, 4) is 5.75 Å². The van der Waals surface area contributed by atoms with Gasteiger partial charge in [-0.1, -0.05) is 6.07 Å². The number of phenols is 1. The average molecular weight is 293 g/mol. The van der Waals surface area contributed by atoms with Crippen molar-refractivity contribution in [1.82, 2.24) is 4.90 Å². The van der Waals surface area contributed by atoms with Gasteiger partial charge in [0.2, 0.25) is 0 Å². The molecule has 0 saturated carbocycles. The number of likely N-dealkylation sites (tertiary alicyclic amines) is 1. The van der Waals surface area contributed by atoms with E-state index in [2.05, 4.69) is 0 Å². The second-order valence-electron chi connectivity index (χ2n) is 5.52. The Bertz CT molecular complexity index is 571. The summed E-state index contributed by atoms with van der Waals surface area (Å²) >= 11 is 0. The van der Waals surface area contributed by atoms with Crippen molar-refractivity contribution in [2.75, 3.05) is 26.8 Å². The maximum Gasteiger partial charge on any atom is 0.313 e. The van der Waals surface area contributed by atoms with Gasteiger partial charge in [-0.2, -0.15) is 0 Å². The lowest BCUT2D eigenvalue weighted by molar-refractivity contribution is -0.151. The number of carbonyl (C=O) groups excluding carboxylic acids is 1. The molecular formula is C15H19NO5. The van der Waals surface area contributed by atoms with E-state index >= 15 is 0 Å². The first kappa shape index (κ1) is 15.3. The molecule has 0 bridgehead atoms. The molecule has 1 unspecified atom stereocenters. The Kier molecular flexibility index (Phi) is 4.18. The molecule has 6 nitrogen and oxygen atoms in total. The summed E-state index contributed by atoms with van der Waals surface area (Å²) in [6, 6.07) is 4.82. The van der Waals surface area contributed by atoms with Crippen molar-refractivity contribution in [3.05, 3.63) is 29.3 Å². The fourth-order valence-electron chi connectivity index (χ4n) is 2.67. The fourth-order valence-corrected chi connectivity index (χ4v) is 2.67. The summed E-state index contributed by atoms with van der Waals surface area (Å²) in [5.74, 6) is -1.40. The highest BCUT2D eigenvalue weighted by Gasteiger charge is 2.46. The third-order valence-electron chi connectivity index (χ3n) is 3.90. The van der Waals surface area contributed by atoms with Crippen LogP contribution in [0.2, 0.25) is 0 Å². The predicted molar refractivity (Wildman–Crippen MR) is 75.3 cm³/mol. The van der Waals surface area contributed by atoms with E-state index in [1.165, 1.54) is 18.1 Å². The minimum atomic E-state index is -1.06. The van der Waals surface area contributed by atoms with Crippen LogP contribution in [-0.2, 0) is 9.53 Å². The molecule has 1 aliphatic rings. The first-order valence-corrected chi connectivity index (χ1v) is 6.71. The molecule has 0 radical (unpaired) electrons. The molecule has 21 heavy (non-hydrogen) atoms. The first-order valence-electron chi connectivity index (χ1n) is 6.71. The van der Waals surface area contributed by atoms with Gasteiger partial charge in [0.25, 0.3) is 5.91 Å². The molecule has 2 rings (SSSR count). The van der Waals surface area contributed by atoms with Crippen LogP contribution in [0.15, 0.2) is 18.2 Å². The van der Waals surface area contributed by atoms with Crippen molar-refractivity contribution < 1.29 is 24.5 Å². The lowest BCUT2D eigenvalue weighted by Crippen LogP contribution is -2.40. The maximum absolute atomic E-state index is 12.4. The predicted octanol–water partition coefficient (Wildman–Crippen LogP) is 1.26. The van der Waals surface area contributed by atoms with Gasteiger partial charge in [-0.05, 0) is 31.0 Å². The van der Waals surface area contributed by atoms with Crippen LogP contribution in [-0.4, -0.2) is 53.8 Å². The number of phenolic OH excluding ortho intramolecular Hbond substituents is 1. The zero-order chi connectivity index (χ0) is 15.6. The van der Waals surface area contributed by atoms with Gasteiger partial charge in [-0.3, -0.25) is 9.59 Å². The van der Waals surface area contributed by atoms with Crippen LogP contribution in [0.3, 0.4) is 0 Å². The van der Waals surface area contributed by atoms with Gasteiger partial charge in [-0.25, -0.2) is 0 Å². The lowest BCUT2D eigenvalue weighted by atomic mass is 9.88. The number of carboxylic acid groups (broad SMARTS) is 1. The average Bonchev–Trinajstić information content (AvgIpc) is 2.84. The second kappa shape index (κ2) is 5.73. The number of aliphatic carboxylic acids is 1. The quantitative estimate of drug-likeness (QED) is 0.872. The van der Waals surface area contributed by atoms with Crippen LogP contribution >= 0.6 is 0 Å². The number of rotatable bonds is 4. The molecule has 1 aliphatic heterocycles. The van der Waals surface area contributed by atoms with E-state index in [-0.39, 0.29) is 30.4 Å². The van der Waals surface area contributed by atoms with E-state index in [0.717, 1.165) is 5.56 Å². The SMILES string of the molecule is COCC1(C(=O)O)CCN(C(=O)c2ccc(C)cc2O)C1. The summed E-state index contributed by atoms with van der Waals surface area (Å²) in [5.41, 5.74) is -0.0194. The summed E-state index contributed by atoms with van der Waals surface area (Å²) in [4.78, 5) is 25.3. The standard InChI is InChI=1S/C15H19NO5/c1-10-3-4-11(12(17)7-10)13(18)16-6-5-15(8-16,9-21-2)14(19)20/h3-4,7,17H,5-6,8-9H2,1-2H3,(H,19,20). The number of carboxylic acids is 1. The van der Waals surface area contributed by atoms with E-state index < -0.39 is 11.4 Å². The van der Waals surface area contributed by atoms with Crippen LogP contribution in [0, 0.1) is 12.3 Å².